The van der Waals surface area contributed by atoms with Crippen molar-refractivity contribution in [2.24, 2.45) is 0 Å². The molecule has 2 aromatic heterocycles. The zero-order chi connectivity index (χ0) is 24.6. The van der Waals surface area contributed by atoms with E-state index in [1.54, 1.807) is 54.6 Å². The van der Waals surface area contributed by atoms with Gasteiger partial charge in [0.2, 0.25) is 0 Å². The summed E-state index contributed by atoms with van der Waals surface area (Å²) in [5.74, 6) is 0.556. The molecule has 0 aliphatic carbocycles. The second-order valence-electron chi connectivity index (χ2n) is 7.74. The van der Waals surface area contributed by atoms with Crippen LogP contribution in [0.15, 0.2) is 84.9 Å². The van der Waals surface area contributed by atoms with E-state index in [0.717, 1.165) is 16.1 Å². The number of fused-ring (bicyclic) bond motifs is 1. The maximum absolute atomic E-state index is 13.9. The lowest BCUT2D eigenvalue weighted by atomic mass is 10.1. The summed E-state index contributed by atoms with van der Waals surface area (Å²) in [5, 5.41) is 5.27. The number of alkyl halides is 3. The molecule has 0 unspecified atom stereocenters. The van der Waals surface area contributed by atoms with Crippen molar-refractivity contribution in [3.05, 3.63) is 106 Å². The third kappa shape index (κ3) is 4.97. The summed E-state index contributed by atoms with van der Waals surface area (Å²) < 4.78 is 48.3. The van der Waals surface area contributed by atoms with Gasteiger partial charge in [0.1, 0.15) is 12.4 Å². The first kappa shape index (κ1) is 23.2. The van der Waals surface area contributed by atoms with Gasteiger partial charge in [0.05, 0.1) is 11.4 Å². The molecule has 35 heavy (non-hydrogen) atoms. The van der Waals surface area contributed by atoms with Gasteiger partial charge in [-0.05, 0) is 48.5 Å². The molecule has 0 amide bonds. The highest BCUT2D eigenvalue weighted by Gasteiger charge is 2.35. The minimum Gasteiger partial charge on any atom is -0.489 e. The molecule has 0 N–H and O–H groups in total. The van der Waals surface area contributed by atoms with Gasteiger partial charge < -0.3 is 4.74 Å². The van der Waals surface area contributed by atoms with Gasteiger partial charge in [-0.1, -0.05) is 53.5 Å². The highest BCUT2D eigenvalue weighted by atomic mass is 35.5. The Morgan fingerprint density at radius 3 is 2.14 bits per heavy atom. The second kappa shape index (κ2) is 9.24. The summed E-state index contributed by atoms with van der Waals surface area (Å²) in [7, 11) is 0. The summed E-state index contributed by atoms with van der Waals surface area (Å²) >= 11 is 12.1. The van der Waals surface area contributed by atoms with Crippen molar-refractivity contribution in [1.82, 2.24) is 14.6 Å². The molecule has 5 rings (SSSR count). The fourth-order valence-electron chi connectivity index (χ4n) is 3.58. The molecule has 0 radical (unpaired) electrons. The summed E-state index contributed by atoms with van der Waals surface area (Å²) in [4.78, 5) is 4.43. The topological polar surface area (TPSA) is 39.4 Å². The zero-order valence-corrected chi connectivity index (χ0v) is 19.4. The Hall–Kier alpha value is -3.55. The summed E-state index contributed by atoms with van der Waals surface area (Å²) in [5.41, 5.74) is 1.67. The molecule has 4 nitrogen and oxygen atoms in total. The maximum Gasteiger partial charge on any atom is 0.433 e. The fourth-order valence-corrected chi connectivity index (χ4v) is 3.90. The fraction of sp³-hybridized carbons (Fsp3) is 0.0769. The molecule has 0 spiro atoms. The van der Waals surface area contributed by atoms with E-state index in [1.165, 1.54) is 6.07 Å². The van der Waals surface area contributed by atoms with E-state index in [9.17, 15) is 13.2 Å². The van der Waals surface area contributed by atoms with Crippen molar-refractivity contribution in [2.75, 3.05) is 0 Å². The maximum atomic E-state index is 13.9. The van der Waals surface area contributed by atoms with Gasteiger partial charge in [-0.15, -0.1) is 0 Å². The van der Waals surface area contributed by atoms with Crippen LogP contribution in [0.25, 0.3) is 28.2 Å². The lowest BCUT2D eigenvalue weighted by Gasteiger charge is -2.12. The smallest absolute Gasteiger partial charge is 0.433 e. The number of hydrogen-bond donors (Lipinski definition) is 0. The van der Waals surface area contributed by atoms with E-state index in [4.69, 9.17) is 27.9 Å². The van der Waals surface area contributed by atoms with Crippen LogP contribution in [0.2, 0.25) is 10.0 Å². The number of hydrogen-bond acceptors (Lipinski definition) is 3. The van der Waals surface area contributed by atoms with Crippen LogP contribution in [0.4, 0.5) is 13.2 Å². The third-order valence-electron chi connectivity index (χ3n) is 5.36. The van der Waals surface area contributed by atoms with E-state index in [1.807, 2.05) is 18.2 Å². The molecular formula is C26H16Cl2F3N3O. The SMILES string of the molecule is FC(F)(F)c1cc(-c2ccc(OCc3ccccc3Cl)cc2)nc2cc(-c3ccc(Cl)cc3)nn12. The van der Waals surface area contributed by atoms with Crippen molar-refractivity contribution >= 4 is 28.8 Å². The van der Waals surface area contributed by atoms with Gasteiger partial charge in [-0.25, -0.2) is 9.50 Å². The number of nitrogens with zero attached hydrogens (tertiary/aromatic N) is 3. The van der Waals surface area contributed by atoms with Crippen LogP contribution in [-0.2, 0) is 12.8 Å². The van der Waals surface area contributed by atoms with E-state index < -0.39 is 11.9 Å². The van der Waals surface area contributed by atoms with Crippen LogP contribution < -0.4 is 4.74 Å². The predicted octanol–water partition coefficient (Wildman–Crippen LogP) is 7.97. The third-order valence-corrected chi connectivity index (χ3v) is 5.98. The van der Waals surface area contributed by atoms with Crippen molar-refractivity contribution < 1.29 is 17.9 Å². The molecule has 5 aromatic rings. The molecule has 3 aromatic carbocycles. The zero-order valence-electron chi connectivity index (χ0n) is 17.9. The van der Waals surface area contributed by atoms with Gasteiger partial charge in [0.25, 0.3) is 0 Å². The number of aromatic nitrogens is 3. The highest BCUT2D eigenvalue weighted by Crippen LogP contribution is 2.34. The first-order chi connectivity index (χ1) is 16.8. The first-order valence-corrected chi connectivity index (χ1v) is 11.2. The van der Waals surface area contributed by atoms with E-state index in [0.29, 0.717) is 32.6 Å². The minimum atomic E-state index is -4.63. The molecule has 0 atom stereocenters. The van der Waals surface area contributed by atoms with E-state index >= 15 is 0 Å². The van der Waals surface area contributed by atoms with Crippen LogP contribution in [0, 0.1) is 0 Å². The van der Waals surface area contributed by atoms with Gasteiger partial charge in [-0.3, -0.25) is 0 Å². The molecule has 0 saturated carbocycles. The van der Waals surface area contributed by atoms with Crippen LogP contribution >= 0.6 is 23.2 Å². The highest BCUT2D eigenvalue weighted by molar-refractivity contribution is 6.31. The molecule has 0 bridgehead atoms. The number of halogens is 5. The Balaban J connectivity index is 1.47. The van der Waals surface area contributed by atoms with Crippen LogP contribution in [0.3, 0.4) is 0 Å². The normalized spacial score (nSPS) is 11.7. The summed E-state index contributed by atoms with van der Waals surface area (Å²) in [6.45, 7) is 0.269. The largest absolute Gasteiger partial charge is 0.489 e. The molecule has 0 saturated heterocycles. The van der Waals surface area contributed by atoms with Gasteiger partial charge in [0.15, 0.2) is 11.3 Å². The number of benzene rings is 3. The quantitative estimate of drug-likeness (QED) is 0.239. The average Bonchev–Trinajstić information content (AvgIpc) is 3.27. The monoisotopic (exact) mass is 513 g/mol. The predicted molar refractivity (Wildman–Crippen MR) is 130 cm³/mol. The molecular weight excluding hydrogens is 498 g/mol. The molecule has 0 aliphatic rings. The Morgan fingerprint density at radius 1 is 0.800 bits per heavy atom. The van der Waals surface area contributed by atoms with Crippen LogP contribution in [0.1, 0.15) is 11.3 Å². The summed E-state index contributed by atoms with van der Waals surface area (Å²) in [6, 6.07) is 23.2. The minimum absolute atomic E-state index is 0.0822. The number of ether oxygens (including phenoxy) is 1. The van der Waals surface area contributed by atoms with Crippen molar-refractivity contribution in [3.8, 4) is 28.3 Å². The van der Waals surface area contributed by atoms with Gasteiger partial charge in [-0.2, -0.15) is 18.3 Å². The lowest BCUT2D eigenvalue weighted by molar-refractivity contribution is -0.142. The lowest BCUT2D eigenvalue weighted by Crippen LogP contribution is -2.13. The Labute approximate surface area is 208 Å². The summed E-state index contributed by atoms with van der Waals surface area (Å²) in [6.07, 6.45) is -4.63. The van der Waals surface area contributed by atoms with Crippen LogP contribution in [0.5, 0.6) is 5.75 Å². The van der Waals surface area contributed by atoms with Crippen molar-refractivity contribution in [3.63, 3.8) is 0 Å². The average molecular weight is 514 g/mol. The number of rotatable bonds is 5. The molecule has 176 valence electrons. The van der Waals surface area contributed by atoms with Gasteiger partial charge >= 0.3 is 6.18 Å². The molecule has 0 aliphatic heterocycles. The Bertz CT molecular complexity index is 1500. The standard InChI is InChI=1S/C26H16Cl2F3N3O/c27-19-9-5-17(6-10-19)23-14-25-32-22(13-24(26(29,30)31)34(25)33-23)16-7-11-20(12-8-16)35-15-18-3-1-2-4-21(18)28/h1-14H,15H2. The van der Waals surface area contributed by atoms with Crippen molar-refractivity contribution in [2.45, 2.75) is 12.8 Å². The molecule has 2 heterocycles. The van der Waals surface area contributed by atoms with Crippen LogP contribution in [-0.4, -0.2) is 14.6 Å². The Kier molecular flexibility index (Phi) is 6.13. The van der Waals surface area contributed by atoms with E-state index in [-0.39, 0.29) is 17.9 Å². The Morgan fingerprint density at radius 2 is 1.46 bits per heavy atom. The van der Waals surface area contributed by atoms with Crippen molar-refractivity contribution in [1.29, 1.82) is 0 Å². The second-order valence-corrected chi connectivity index (χ2v) is 8.58. The van der Waals surface area contributed by atoms with E-state index in [2.05, 4.69) is 10.1 Å². The molecule has 0 fully saturated rings. The van der Waals surface area contributed by atoms with Gasteiger partial charge in [0, 0.05) is 32.8 Å². The molecule has 9 heteroatoms. The first-order valence-electron chi connectivity index (χ1n) is 10.5.